The Morgan fingerprint density at radius 1 is 1.15 bits per heavy atom. The first-order valence-electron chi connectivity index (χ1n) is 8.01. The second-order valence-corrected chi connectivity index (χ2v) is 7.02. The van der Waals surface area contributed by atoms with E-state index in [1.54, 1.807) is 6.26 Å². The summed E-state index contributed by atoms with van der Waals surface area (Å²) in [5.41, 5.74) is 7.75. The Hall–Kier alpha value is -1.81. The van der Waals surface area contributed by atoms with Crippen LogP contribution in [0.15, 0.2) is 52.4 Å². The number of anilines is 1. The fourth-order valence-corrected chi connectivity index (χ4v) is 2.91. The van der Waals surface area contributed by atoms with Gasteiger partial charge >= 0.3 is 0 Å². The average Bonchev–Trinajstić information content (AvgIpc) is 2.85. The molecule has 0 aromatic heterocycles. The second kappa shape index (κ2) is 9.77. The maximum Gasteiger partial charge on any atom is 0.193 e. The van der Waals surface area contributed by atoms with E-state index in [2.05, 4.69) is 10.3 Å². The lowest BCUT2D eigenvalue weighted by atomic mass is 10.2. The molecule has 3 rings (SSSR count). The van der Waals surface area contributed by atoms with Gasteiger partial charge in [-0.25, -0.2) is 4.99 Å². The molecule has 0 spiro atoms. The predicted octanol–water partition coefficient (Wildman–Crippen LogP) is 3.13. The maximum absolute atomic E-state index is 11.4. The number of nitrogens with two attached hydrogens (primary N) is 1. The van der Waals surface area contributed by atoms with Crippen molar-refractivity contribution in [2.75, 3.05) is 24.8 Å². The first-order chi connectivity index (χ1) is 12.1. The number of fused-ring (bicyclic) bond motifs is 1. The van der Waals surface area contributed by atoms with Crippen LogP contribution in [0.1, 0.15) is 12.0 Å². The summed E-state index contributed by atoms with van der Waals surface area (Å²) in [6, 6.07) is 13.1. The lowest BCUT2D eigenvalue weighted by Gasteiger charge is -2.10. The van der Waals surface area contributed by atoms with Gasteiger partial charge in [-0.15, -0.1) is 24.0 Å². The highest BCUT2D eigenvalue weighted by Gasteiger charge is 2.10. The molecule has 1 aliphatic heterocycles. The number of hydrogen-bond acceptors (Lipinski definition) is 4. The van der Waals surface area contributed by atoms with E-state index in [0.29, 0.717) is 31.5 Å². The molecule has 26 heavy (non-hydrogen) atoms. The second-order valence-electron chi connectivity index (χ2n) is 5.64. The molecule has 0 amide bonds. The van der Waals surface area contributed by atoms with Crippen molar-refractivity contribution in [1.29, 1.82) is 0 Å². The minimum Gasteiger partial charge on any atom is -0.490 e. The highest BCUT2D eigenvalue weighted by Crippen LogP contribution is 2.32. The van der Waals surface area contributed by atoms with Crippen molar-refractivity contribution >= 4 is 46.4 Å². The molecule has 1 aliphatic rings. The van der Waals surface area contributed by atoms with Crippen molar-refractivity contribution in [2.45, 2.75) is 17.9 Å². The molecule has 0 radical (unpaired) electrons. The number of rotatable bonds is 4. The molecule has 1 unspecified atom stereocenters. The summed E-state index contributed by atoms with van der Waals surface area (Å²) in [6.45, 7) is 1.74. The molecule has 0 saturated heterocycles. The Morgan fingerprint density at radius 3 is 2.54 bits per heavy atom. The maximum atomic E-state index is 11.4. The van der Waals surface area contributed by atoms with Crippen molar-refractivity contribution in [2.24, 2.45) is 10.7 Å². The summed E-state index contributed by atoms with van der Waals surface area (Å²) >= 11 is 0. The lowest BCUT2D eigenvalue weighted by molar-refractivity contribution is 0.297. The largest absolute Gasteiger partial charge is 0.490 e. The third-order valence-electron chi connectivity index (χ3n) is 3.71. The summed E-state index contributed by atoms with van der Waals surface area (Å²) in [5.74, 6) is 1.77. The van der Waals surface area contributed by atoms with Crippen LogP contribution >= 0.6 is 24.0 Å². The van der Waals surface area contributed by atoms with Crippen molar-refractivity contribution in [3.05, 3.63) is 48.0 Å². The van der Waals surface area contributed by atoms with Gasteiger partial charge in [0.25, 0.3) is 0 Å². The summed E-state index contributed by atoms with van der Waals surface area (Å²) < 4.78 is 22.6. The summed E-state index contributed by atoms with van der Waals surface area (Å²) in [4.78, 5) is 5.13. The quantitative estimate of drug-likeness (QED) is 0.393. The van der Waals surface area contributed by atoms with E-state index < -0.39 is 10.8 Å². The third kappa shape index (κ3) is 5.60. The molecule has 0 saturated carbocycles. The van der Waals surface area contributed by atoms with Crippen LogP contribution in [-0.4, -0.2) is 29.6 Å². The Balaban J connectivity index is 0.00000243. The van der Waals surface area contributed by atoms with Crippen molar-refractivity contribution < 1.29 is 13.7 Å². The zero-order valence-electron chi connectivity index (χ0n) is 14.4. The molecule has 2 aromatic carbocycles. The number of nitrogens with zero attached hydrogens (tertiary/aromatic N) is 1. The van der Waals surface area contributed by atoms with Crippen LogP contribution in [0.3, 0.4) is 0 Å². The lowest BCUT2D eigenvalue weighted by Crippen LogP contribution is -2.22. The van der Waals surface area contributed by atoms with Gasteiger partial charge in [-0.05, 0) is 29.8 Å². The number of hydrogen-bond donors (Lipinski definition) is 2. The van der Waals surface area contributed by atoms with Crippen LogP contribution in [0.25, 0.3) is 0 Å². The fourth-order valence-electron chi connectivity index (χ4n) is 2.39. The molecule has 2 aromatic rings. The first kappa shape index (κ1) is 20.5. The highest BCUT2D eigenvalue weighted by molar-refractivity contribution is 14.0. The number of ether oxygens (including phenoxy) is 2. The third-order valence-corrected chi connectivity index (χ3v) is 4.64. The number of aliphatic imine (C=N–C) groups is 1. The molecule has 140 valence electrons. The van der Waals surface area contributed by atoms with E-state index in [0.717, 1.165) is 28.3 Å². The number of benzene rings is 2. The standard InChI is InChI=1S/C18H21N3O3S.HI/c1-25(22)15-6-3-13(4-7-15)12-20-18(19)21-14-5-8-16-17(11-14)24-10-2-9-23-16;/h3-8,11H,2,9-10,12H2,1H3,(H3,19,20,21);1H. The van der Waals surface area contributed by atoms with E-state index in [9.17, 15) is 4.21 Å². The van der Waals surface area contributed by atoms with Gasteiger partial charge in [0.1, 0.15) is 0 Å². The topological polar surface area (TPSA) is 85.9 Å². The number of guanidine groups is 1. The van der Waals surface area contributed by atoms with Crippen LogP contribution in [-0.2, 0) is 17.3 Å². The zero-order chi connectivity index (χ0) is 17.6. The smallest absolute Gasteiger partial charge is 0.193 e. The van der Waals surface area contributed by atoms with Crippen LogP contribution in [0.4, 0.5) is 5.69 Å². The first-order valence-corrected chi connectivity index (χ1v) is 9.56. The van der Waals surface area contributed by atoms with Crippen molar-refractivity contribution in [3.8, 4) is 11.5 Å². The molecule has 0 fully saturated rings. The molecule has 6 nitrogen and oxygen atoms in total. The van der Waals surface area contributed by atoms with Gasteiger partial charge in [-0.2, -0.15) is 0 Å². The minimum atomic E-state index is -0.974. The number of nitrogens with one attached hydrogen (secondary N) is 1. The summed E-state index contributed by atoms with van der Waals surface area (Å²) in [5, 5.41) is 3.06. The molecule has 1 heterocycles. The molecular formula is C18H22IN3O3S. The predicted molar refractivity (Wildman–Crippen MR) is 115 cm³/mol. The molecule has 1 atom stereocenters. The summed E-state index contributed by atoms with van der Waals surface area (Å²) in [7, 11) is -0.974. The van der Waals surface area contributed by atoms with E-state index in [-0.39, 0.29) is 24.0 Å². The van der Waals surface area contributed by atoms with E-state index in [1.807, 2.05) is 42.5 Å². The molecule has 8 heteroatoms. The van der Waals surface area contributed by atoms with Gasteiger partial charge in [0, 0.05) is 40.1 Å². The van der Waals surface area contributed by atoms with E-state index in [1.165, 1.54) is 0 Å². The van der Waals surface area contributed by atoms with Gasteiger partial charge in [0.2, 0.25) is 0 Å². The average molecular weight is 487 g/mol. The Morgan fingerprint density at radius 2 is 1.85 bits per heavy atom. The van der Waals surface area contributed by atoms with Crippen molar-refractivity contribution in [3.63, 3.8) is 0 Å². The Kier molecular flexibility index (Phi) is 7.70. The highest BCUT2D eigenvalue weighted by atomic mass is 127. The SMILES string of the molecule is CS(=O)c1ccc(CN=C(N)Nc2ccc3c(c2)OCCCO3)cc1.I. The number of halogens is 1. The van der Waals surface area contributed by atoms with Crippen LogP contribution in [0.2, 0.25) is 0 Å². The summed E-state index contributed by atoms with van der Waals surface area (Å²) in [6.07, 6.45) is 2.52. The Bertz CT molecular complexity index is 797. The van der Waals surface area contributed by atoms with Gasteiger partial charge in [0.15, 0.2) is 17.5 Å². The zero-order valence-corrected chi connectivity index (χ0v) is 17.6. The molecule has 3 N–H and O–H groups in total. The minimum absolute atomic E-state index is 0. The van der Waals surface area contributed by atoms with Crippen LogP contribution < -0.4 is 20.5 Å². The molecular weight excluding hydrogens is 465 g/mol. The van der Waals surface area contributed by atoms with E-state index >= 15 is 0 Å². The van der Waals surface area contributed by atoms with Crippen molar-refractivity contribution in [1.82, 2.24) is 0 Å². The van der Waals surface area contributed by atoms with Gasteiger partial charge in [-0.3, -0.25) is 4.21 Å². The van der Waals surface area contributed by atoms with Gasteiger partial charge < -0.3 is 20.5 Å². The molecule has 0 bridgehead atoms. The fraction of sp³-hybridized carbons (Fsp3) is 0.278. The van der Waals surface area contributed by atoms with Gasteiger partial charge in [-0.1, -0.05) is 12.1 Å². The van der Waals surface area contributed by atoms with Crippen LogP contribution in [0.5, 0.6) is 11.5 Å². The Labute approximate surface area is 172 Å². The normalized spacial score (nSPS) is 14.7. The molecule has 0 aliphatic carbocycles. The monoisotopic (exact) mass is 487 g/mol. The van der Waals surface area contributed by atoms with Gasteiger partial charge in [0.05, 0.1) is 19.8 Å². The van der Waals surface area contributed by atoms with Crippen LogP contribution in [0, 0.1) is 0 Å². The van der Waals surface area contributed by atoms with E-state index in [4.69, 9.17) is 15.2 Å².